The van der Waals surface area contributed by atoms with Crippen LogP contribution in [0.1, 0.15) is 26.0 Å². The van der Waals surface area contributed by atoms with Gasteiger partial charge in [0, 0.05) is 18.9 Å². The van der Waals surface area contributed by atoms with Crippen molar-refractivity contribution >= 4 is 0 Å². The summed E-state index contributed by atoms with van der Waals surface area (Å²) in [5.41, 5.74) is -0.824. The summed E-state index contributed by atoms with van der Waals surface area (Å²) in [5, 5.41) is 0. The summed E-state index contributed by atoms with van der Waals surface area (Å²) in [4.78, 5) is 24.7. The van der Waals surface area contributed by atoms with Crippen LogP contribution in [0.2, 0.25) is 0 Å². The minimum Gasteiger partial charge on any atom is -0.379 e. The molecule has 0 radical (unpaired) electrons. The SMILES string of the molecule is CCOC[C@@H]1CC[C@H](n2ccc(=O)[nH]c2=O)O1. The van der Waals surface area contributed by atoms with E-state index in [2.05, 4.69) is 4.98 Å². The van der Waals surface area contributed by atoms with Crippen LogP contribution < -0.4 is 11.2 Å². The van der Waals surface area contributed by atoms with E-state index in [1.807, 2.05) is 6.92 Å². The van der Waals surface area contributed by atoms with Crippen molar-refractivity contribution in [3.63, 3.8) is 0 Å². The van der Waals surface area contributed by atoms with Gasteiger partial charge in [0.1, 0.15) is 6.23 Å². The lowest BCUT2D eigenvalue weighted by Gasteiger charge is -2.15. The minimum absolute atomic E-state index is 0.0266. The largest absolute Gasteiger partial charge is 0.379 e. The number of ether oxygens (including phenoxy) is 2. The third kappa shape index (κ3) is 2.83. The second-order valence-corrected chi connectivity index (χ2v) is 3.97. The number of hydrogen-bond donors (Lipinski definition) is 1. The molecule has 6 nitrogen and oxygen atoms in total. The quantitative estimate of drug-likeness (QED) is 0.818. The topological polar surface area (TPSA) is 73.3 Å². The summed E-state index contributed by atoms with van der Waals surface area (Å²) in [7, 11) is 0. The van der Waals surface area contributed by atoms with Crippen molar-refractivity contribution in [2.75, 3.05) is 13.2 Å². The van der Waals surface area contributed by atoms with E-state index in [0.717, 1.165) is 12.8 Å². The molecular weight excluding hydrogens is 224 g/mol. The fourth-order valence-electron chi connectivity index (χ4n) is 1.92. The van der Waals surface area contributed by atoms with Crippen molar-refractivity contribution < 1.29 is 9.47 Å². The second-order valence-electron chi connectivity index (χ2n) is 3.97. The molecule has 94 valence electrons. The molecule has 1 N–H and O–H groups in total. The van der Waals surface area contributed by atoms with E-state index < -0.39 is 11.2 Å². The number of aromatic amines is 1. The third-order valence-corrected chi connectivity index (χ3v) is 2.75. The molecule has 17 heavy (non-hydrogen) atoms. The first kappa shape index (κ1) is 12.1. The van der Waals surface area contributed by atoms with Gasteiger partial charge in [0.2, 0.25) is 0 Å². The normalized spacial score (nSPS) is 24.1. The lowest BCUT2D eigenvalue weighted by molar-refractivity contribution is -0.0408. The Morgan fingerprint density at radius 2 is 2.35 bits per heavy atom. The van der Waals surface area contributed by atoms with Gasteiger partial charge < -0.3 is 9.47 Å². The van der Waals surface area contributed by atoms with E-state index in [-0.39, 0.29) is 12.3 Å². The predicted molar refractivity (Wildman–Crippen MR) is 61.0 cm³/mol. The summed E-state index contributed by atoms with van der Waals surface area (Å²) in [5.74, 6) is 0. The highest BCUT2D eigenvalue weighted by molar-refractivity contribution is 4.85. The van der Waals surface area contributed by atoms with Crippen LogP contribution in [-0.4, -0.2) is 28.9 Å². The molecular formula is C11H16N2O4. The van der Waals surface area contributed by atoms with Crippen molar-refractivity contribution in [2.24, 2.45) is 0 Å². The molecule has 1 aliphatic heterocycles. The molecule has 1 aromatic heterocycles. The molecule has 0 spiro atoms. The molecule has 2 rings (SSSR count). The molecule has 0 aromatic carbocycles. The Bertz CT molecular complexity index is 479. The fraction of sp³-hybridized carbons (Fsp3) is 0.636. The van der Waals surface area contributed by atoms with Crippen LogP contribution in [0.4, 0.5) is 0 Å². The molecule has 0 saturated carbocycles. The van der Waals surface area contributed by atoms with Crippen LogP contribution in [0.3, 0.4) is 0 Å². The summed E-state index contributed by atoms with van der Waals surface area (Å²) in [6.07, 6.45) is 2.80. The van der Waals surface area contributed by atoms with Crippen molar-refractivity contribution in [1.82, 2.24) is 9.55 Å². The van der Waals surface area contributed by atoms with E-state index in [1.54, 1.807) is 0 Å². The first-order chi connectivity index (χ1) is 8.20. The Hall–Kier alpha value is -1.40. The molecule has 2 heterocycles. The predicted octanol–water partition coefficient (Wildman–Crippen LogP) is 0.251. The van der Waals surface area contributed by atoms with Crippen LogP contribution in [0.15, 0.2) is 21.9 Å². The molecule has 0 unspecified atom stereocenters. The van der Waals surface area contributed by atoms with E-state index in [4.69, 9.17) is 9.47 Å². The molecule has 1 saturated heterocycles. The summed E-state index contributed by atoms with van der Waals surface area (Å²) in [6.45, 7) is 3.13. The smallest absolute Gasteiger partial charge is 0.330 e. The monoisotopic (exact) mass is 240 g/mol. The highest BCUT2D eigenvalue weighted by Crippen LogP contribution is 2.26. The molecule has 1 aromatic rings. The molecule has 0 amide bonds. The lowest BCUT2D eigenvalue weighted by atomic mass is 10.2. The van der Waals surface area contributed by atoms with Gasteiger partial charge in [-0.25, -0.2) is 4.79 Å². The zero-order valence-corrected chi connectivity index (χ0v) is 9.72. The minimum atomic E-state index is -0.431. The Labute approximate surface area is 98.2 Å². The number of hydrogen-bond acceptors (Lipinski definition) is 4. The van der Waals surface area contributed by atoms with Gasteiger partial charge in [-0.1, -0.05) is 0 Å². The Morgan fingerprint density at radius 1 is 1.53 bits per heavy atom. The molecule has 0 bridgehead atoms. The molecule has 6 heteroatoms. The van der Waals surface area contributed by atoms with Crippen molar-refractivity contribution in [3.05, 3.63) is 33.1 Å². The Kier molecular flexibility index (Phi) is 3.75. The van der Waals surface area contributed by atoms with E-state index >= 15 is 0 Å². The highest BCUT2D eigenvalue weighted by atomic mass is 16.5. The van der Waals surface area contributed by atoms with Crippen molar-refractivity contribution in [2.45, 2.75) is 32.1 Å². The third-order valence-electron chi connectivity index (χ3n) is 2.75. The van der Waals surface area contributed by atoms with Gasteiger partial charge in [0.25, 0.3) is 5.56 Å². The van der Waals surface area contributed by atoms with E-state index in [9.17, 15) is 9.59 Å². The van der Waals surface area contributed by atoms with Crippen LogP contribution >= 0.6 is 0 Å². The second kappa shape index (κ2) is 5.29. The van der Waals surface area contributed by atoms with Crippen LogP contribution in [-0.2, 0) is 9.47 Å². The number of nitrogens with one attached hydrogen (secondary N) is 1. The first-order valence-electron chi connectivity index (χ1n) is 5.75. The van der Waals surface area contributed by atoms with Crippen LogP contribution in [0.25, 0.3) is 0 Å². The van der Waals surface area contributed by atoms with Gasteiger partial charge in [0.15, 0.2) is 0 Å². The van der Waals surface area contributed by atoms with Gasteiger partial charge in [0.05, 0.1) is 12.7 Å². The number of H-pyrrole nitrogens is 1. The average molecular weight is 240 g/mol. The number of nitrogens with zero attached hydrogens (tertiary/aromatic N) is 1. The lowest BCUT2D eigenvalue weighted by Crippen LogP contribution is -2.31. The summed E-state index contributed by atoms with van der Waals surface area (Å²) in [6, 6.07) is 1.32. The van der Waals surface area contributed by atoms with Crippen molar-refractivity contribution in [3.8, 4) is 0 Å². The van der Waals surface area contributed by atoms with E-state index in [0.29, 0.717) is 13.2 Å². The average Bonchev–Trinajstić information content (AvgIpc) is 2.75. The number of rotatable bonds is 4. The summed E-state index contributed by atoms with van der Waals surface area (Å²) >= 11 is 0. The van der Waals surface area contributed by atoms with Crippen molar-refractivity contribution in [1.29, 1.82) is 0 Å². The Morgan fingerprint density at radius 3 is 3.06 bits per heavy atom. The standard InChI is InChI=1S/C11H16N2O4/c1-2-16-7-8-3-4-10(17-8)13-6-5-9(14)12-11(13)15/h5-6,8,10H,2-4,7H2,1H3,(H,12,14,15)/t8-,10+/m0/s1. The maximum absolute atomic E-state index is 11.5. The number of aromatic nitrogens is 2. The maximum atomic E-state index is 11.5. The van der Waals surface area contributed by atoms with Gasteiger partial charge in [-0.05, 0) is 19.8 Å². The Balaban J connectivity index is 2.05. The van der Waals surface area contributed by atoms with Crippen LogP contribution in [0, 0.1) is 0 Å². The fourth-order valence-corrected chi connectivity index (χ4v) is 1.92. The zero-order chi connectivity index (χ0) is 12.3. The zero-order valence-electron chi connectivity index (χ0n) is 9.72. The van der Waals surface area contributed by atoms with Crippen LogP contribution in [0.5, 0.6) is 0 Å². The molecule has 1 aliphatic rings. The first-order valence-corrected chi connectivity index (χ1v) is 5.75. The highest BCUT2D eigenvalue weighted by Gasteiger charge is 2.27. The molecule has 2 atom stereocenters. The molecule has 1 fully saturated rings. The van der Waals surface area contributed by atoms with Gasteiger partial charge in [-0.3, -0.25) is 14.3 Å². The van der Waals surface area contributed by atoms with E-state index in [1.165, 1.54) is 16.8 Å². The van der Waals surface area contributed by atoms with Gasteiger partial charge in [-0.2, -0.15) is 0 Å². The molecule has 0 aliphatic carbocycles. The van der Waals surface area contributed by atoms with Gasteiger partial charge >= 0.3 is 5.69 Å². The summed E-state index contributed by atoms with van der Waals surface area (Å²) < 4.78 is 12.4. The van der Waals surface area contributed by atoms with Gasteiger partial charge in [-0.15, -0.1) is 0 Å². The maximum Gasteiger partial charge on any atom is 0.330 e.